The van der Waals surface area contributed by atoms with E-state index in [1.54, 1.807) is 48.5 Å². The predicted molar refractivity (Wildman–Crippen MR) is 128 cm³/mol. The molecule has 8 heteroatoms. The van der Waals surface area contributed by atoms with Crippen LogP contribution in [-0.2, 0) is 19.1 Å². The van der Waals surface area contributed by atoms with Crippen LogP contribution in [0.2, 0.25) is 0 Å². The van der Waals surface area contributed by atoms with Gasteiger partial charge < -0.3 is 24.8 Å². The lowest BCUT2D eigenvalue weighted by Gasteiger charge is -2.11. The second kappa shape index (κ2) is 12.6. The fraction of sp³-hybridized carbons (Fsp3) is 0.192. The normalized spacial score (nSPS) is 10.1. The lowest BCUT2D eigenvalue weighted by Crippen LogP contribution is -2.22. The minimum absolute atomic E-state index is 0.0735. The third kappa shape index (κ3) is 7.98. The van der Waals surface area contributed by atoms with Gasteiger partial charge in [0.25, 0.3) is 5.91 Å². The van der Waals surface area contributed by atoms with Crippen molar-refractivity contribution >= 4 is 29.2 Å². The van der Waals surface area contributed by atoms with Crippen LogP contribution in [0, 0.1) is 0 Å². The smallest absolute Gasteiger partial charge is 0.306 e. The van der Waals surface area contributed by atoms with E-state index in [-0.39, 0.29) is 18.7 Å². The van der Waals surface area contributed by atoms with E-state index in [2.05, 4.69) is 10.6 Å². The van der Waals surface area contributed by atoms with Crippen molar-refractivity contribution in [2.75, 3.05) is 23.8 Å². The molecule has 8 nitrogen and oxygen atoms in total. The molecule has 0 unspecified atom stereocenters. The first-order chi connectivity index (χ1) is 16.5. The topological polar surface area (TPSA) is 103 Å². The van der Waals surface area contributed by atoms with E-state index in [0.717, 1.165) is 0 Å². The average molecular weight is 463 g/mol. The Balaban J connectivity index is 1.37. The van der Waals surface area contributed by atoms with Crippen LogP contribution in [-0.4, -0.2) is 31.0 Å². The second-order valence-electron chi connectivity index (χ2n) is 7.13. The van der Waals surface area contributed by atoms with Crippen LogP contribution in [0.4, 0.5) is 11.4 Å². The number of para-hydroxylation sites is 3. The molecule has 0 aliphatic carbocycles. The number of carbonyl (C=O) groups is 3. The number of ether oxygens (including phenoxy) is 3. The molecule has 0 aliphatic heterocycles. The summed E-state index contributed by atoms with van der Waals surface area (Å²) in [5.41, 5.74) is 1.07. The van der Waals surface area contributed by atoms with Gasteiger partial charge in [0.1, 0.15) is 17.2 Å². The van der Waals surface area contributed by atoms with Gasteiger partial charge in [-0.05, 0) is 55.5 Å². The third-order valence-electron chi connectivity index (χ3n) is 4.50. The molecule has 0 bridgehead atoms. The SMILES string of the molecule is CCOc1ccccc1NC(=O)COC(=O)CCC(=O)Nc1ccc(Oc2ccccc2)cc1. The fourth-order valence-corrected chi connectivity index (χ4v) is 2.93. The molecule has 3 aromatic carbocycles. The molecule has 0 heterocycles. The molecule has 0 atom stereocenters. The van der Waals surface area contributed by atoms with Crippen molar-refractivity contribution in [2.24, 2.45) is 0 Å². The zero-order valence-corrected chi connectivity index (χ0v) is 18.8. The Labute approximate surface area is 197 Å². The molecule has 3 rings (SSSR count). The van der Waals surface area contributed by atoms with Crippen molar-refractivity contribution in [3.8, 4) is 17.2 Å². The van der Waals surface area contributed by atoms with Gasteiger partial charge in [0.15, 0.2) is 6.61 Å². The van der Waals surface area contributed by atoms with E-state index < -0.39 is 18.5 Å². The Morgan fingerprint density at radius 3 is 2.15 bits per heavy atom. The van der Waals surface area contributed by atoms with Crippen LogP contribution < -0.4 is 20.1 Å². The number of hydrogen-bond donors (Lipinski definition) is 2. The van der Waals surface area contributed by atoms with Crippen molar-refractivity contribution in [2.45, 2.75) is 19.8 Å². The molecule has 2 amide bonds. The van der Waals surface area contributed by atoms with Crippen LogP contribution in [0.15, 0.2) is 78.9 Å². The summed E-state index contributed by atoms with van der Waals surface area (Å²) in [7, 11) is 0. The summed E-state index contributed by atoms with van der Waals surface area (Å²) in [6.07, 6.45) is -0.222. The maximum Gasteiger partial charge on any atom is 0.306 e. The summed E-state index contributed by atoms with van der Waals surface area (Å²) in [6, 6.07) is 23.2. The van der Waals surface area contributed by atoms with Gasteiger partial charge >= 0.3 is 5.97 Å². The van der Waals surface area contributed by atoms with Crippen LogP contribution >= 0.6 is 0 Å². The first-order valence-corrected chi connectivity index (χ1v) is 10.8. The number of hydrogen-bond acceptors (Lipinski definition) is 6. The van der Waals surface area contributed by atoms with Gasteiger partial charge in [-0.25, -0.2) is 0 Å². The van der Waals surface area contributed by atoms with Gasteiger partial charge in [0.2, 0.25) is 5.91 Å². The van der Waals surface area contributed by atoms with E-state index in [9.17, 15) is 14.4 Å². The number of amides is 2. The van der Waals surface area contributed by atoms with Crippen LogP contribution in [0.25, 0.3) is 0 Å². The van der Waals surface area contributed by atoms with Crippen molar-refractivity contribution < 1.29 is 28.6 Å². The van der Waals surface area contributed by atoms with Crippen LogP contribution in [0.1, 0.15) is 19.8 Å². The van der Waals surface area contributed by atoms with Gasteiger partial charge in [-0.15, -0.1) is 0 Å². The number of carbonyl (C=O) groups excluding carboxylic acids is 3. The predicted octanol–water partition coefficient (Wildman–Crippen LogP) is 4.78. The molecule has 0 saturated heterocycles. The van der Waals surface area contributed by atoms with Crippen LogP contribution in [0.5, 0.6) is 17.2 Å². The molecule has 34 heavy (non-hydrogen) atoms. The first-order valence-electron chi connectivity index (χ1n) is 10.8. The Hall–Kier alpha value is -4.33. The summed E-state index contributed by atoms with van der Waals surface area (Å²) in [6.45, 7) is 1.84. The van der Waals surface area contributed by atoms with Crippen molar-refractivity contribution in [1.29, 1.82) is 0 Å². The van der Waals surface area contributed by atoms with Gasteiger partial charge in [-0.1, -0.05) is 30.3 Å². The lowest BCUT2D eigenvalue weighted by molar-refractivity contribution is -0.147. The monoisotopic (exact) mass is 462 g/mol. The standard InChI is InChI=1S/C26H26N2O6/c1-2-32-23-11-7-6-10-22(23)28-25(30)18-33-26(31)17-16-24(29)27-19-12-14-21(15-13-19)34-20-8-4-3-5-9-20/h3-15H,2,16-18H2,1H3,(H,27,29)(H,28,30). The molecule has 0 aromatic heterocycles. The Kier molecular flexibility index (Phi) is 9.04. The zero-order chi connectivity index (χ0) is 24.2. The maximum absolute atomic E-state index is 12.1. The summed E-state index contributed by atoms with van der Waals surface area (Å²) in [4.78, 5) is 36.1. The quantitative estimate of drug-likeness (QED) is 0.398. The molecule has 0 fully saturated rings. The largest absolute Gasteiger partial charge is 0.492 e. The van der Waals surface area contributed by atoms with E-state index in [4.69, 9.17) is 14.2 Å². The second-order valence-corrected chi connectivity index (χ2v) is 7.13. The Morgan fingerprint density at radius 2 is 1.41 bits per heavy atom. The van der Waals surface area contributed by atoms with Gasteiger partial charge in [0.05, 0.1) is 18.7 Å². The highest BCUT2D eigenvalue weighted by Crippen LogP contribution is 2.24. The zero-order valence-electron chi connectivity index (χ0n) is 18.8. The van der Waals surface area contributed by atoms with E-state index in [1.165, 1.54) is 0 Å². The highest BCUT2D eigenvalue weighted by atomic mass is 16.5. The Morgan fingerprint density at radius 1 is 0.735 bits per heavy atom. The minimum atomic E-state index is -0.644. The van der Waals surface area contributed by atoms with Crippen molar-refractivity contribution in [3.05, 3.63) is 78.9 Å². The number of esters is 1. The molecular weight excluding hydrogens is 436 g/mol. The molecule has 0 radical (unpaired) electrons. The summed E-state index contributed by atoms with van der Waals surface area (Å²) >= 11 is 0. The molecule has 0 saturated carbocycles. The highest BCUT2D eigenvalue weighted by molar-refractivity contribution is 5.95. The van der Waals surface area contributed by atoms with Crippen LogP contribution in [0.3, 0.4) is 0 Å². The van der Waals surface area contributed by atoms with Crippen molar-refractivity contribution in [1.82, 2.24) is 0 Å². The number of anilines is 2. The van der Waals surface area contributed by atoms with E-state index >= 15 is 0 Å². The molecule has 0 aliphatic rings. The van der Waals surface area contributed by atoms with E-state index in [0.29, 0.717) is 35.2 Å². The molecule has 3 aromatic rings. The first kappa shape index (κ1) is 24.3. The number of nitrogens with one attached hydrogen (secondary N) is 2. The Bertz CT molecular complexity index is 1100. The molecular formula is C26H26N2O6. The number of benzene rings is 3. The fourth-order valence-electron chi connectivity index (χ4n) is 2.93. The summed E-state index contributed by atoms with van der Waals surface area (Å²) < 4.78 is 16.1. The molecule has 0 spiro atoms. The molecule has 2 N–H and O–H groups in total. The third-order valence-corrected chi connectivity index (χ3v) is 4.50. The maximum atomic E-state index is 12.1. The van der Waals surface area contributed by atoms with Gasteiger partial charge in [-0.2, -0.15) is 0 Å². The van der Waals surface area contributed by atoms with Crippen molar-refractivity contribution in [3.63, 3.8) is 0 Å². The number of rotatable bonds is 11. The highest BCUT2D eigenvalue weighted by Gasteiger charge is 2.12. The van der Waals surface area contributed by atoms with Gasteiger partial charge in [0, 0.05) is 12.1 Å². The minimum Gasteiger partial charge on any atom is -0.492 e. The average Bonchev–Trinajstić information content (AvgIpc) is 2.85. The van der Waals surface area contributed by atoms with E-state index in [1.807, 2.05) is 37.3 Å². The lowest BCUT2D eigenvalue weighted by atomic mass is 10.2. The summed E-state index contributed by atoms with van der Waals surface area (Å²) in [5, 5.41) is 5.35. The molecule has 176 valence electrons. The van der Waals surface area contributed by atoms with Gasteiger partial charge in [-0.3, -0.25) is 14.4 Å². The summed E-state index contributed by atoms with van der Waals surface area (Å²) in [5.74, 6) is 0.391.